The Morgan fingerprint density at radius 3 is 2.62 bits per heavy atom. The van der Waals surface area contributed by atoms with Gasteiger partial charge in [-0.2, -0.15) is 0 Å². The summed E-state index contributed by atoms with van der Waals surface area (Å²) in [6.45, 7) is 9.58. The number of hydrogen-bond donors (Lipinski definition) is 2. The second kappa shape index (κ2) is 4.93. The minimum Gasteiger partial charge on any atom is -0.313 e. The fraction of sp³-hybridized carbons (Fsp3) is 0.818. The van der Waals surface area contributed by atoms with Crippen LogP contribution >= 0.6 is 0 Å². The highest BCUT2D eigenvalue weighted by molar-refractivity contribution is 6.02. The molecular weight excluding hydrogens is 206 g/mol. The van der Waals surface area contributed by atoms with Gasteiger partial charge in [-0.15, -0.1) is 0 Å². The second-order valence-electron chi connectivity index (χ2n) is 4.97. The fourth-order valence-electron chi connectivity index (χ4n) is 1.68. The van der Waals surface area contributed by atoms with E-state index in [-0.39, 0.29) is 11.8 Å². The third-order valence-corrected chi connectivity index (χ3v) is 2.87. The number of amides is 2. The molecule has 5 nitrogen and oxygen atoms in total. The van der Waals surface area contributed by atoms with Crippen LogP contribution in [0.1, 0.15) is 27.7 Å². The first-order chi connectivity index (χ1) is 7.34. The van der Waals surface area contributed by atoms with Gasteiger partial charge in [0.1, 0.15) is 0 Å². The molecule has 16 heavy (non-hydrogen) atoms. The van der Waals surface area contributed by atoms with Crippen molar-refractivity contribution in [1.82, 2.24) is 15.5 Å². The Morgan fingerprint density at radius 1 is 1.44 bits per heavy atom. The molecule has 0 unspecified atom stereocenters. The van der Waals surface area contributed by atoms with Gasteiger partial charge in [-0.25, -0.2) is 0 Å². The average Bonchev–Trinajstić information content (AvgIpc) is 2.13. The Kier molecular flexibility index (Phi) is 4.04. The number of rotatable bonds is 4. The van der Waals surface area contributed by atoms with Crippen molar-refractivity contribution in [3.63, 3.8) is 0 Å². The average molecular weight is 227 g/mol. The summed E-state index contributed by atoms with van der Waals surface area (Å²) in [5, 5.41) is 5.63. The molecule has 1 aliphatic heterocycles. The molecule has 0 aliphatic carbocycles. The molecule has 1 rings (SSSR count). The van der Waals surface area contributed by atoms with Crippen LogP contribution in [0.15, 0.2) is 0 Å². The molecule has 2 amide bonds. The van der Waals surface area contributed by atoms with Gasteiger partial charge in [0.2, 0.25) is 11.8 Å². The summed E-state index contributed by atoms with van der Waals surface area (Å²) < 4.78 is 0. The van der Waals surface area contributed by atoms with E-state index < -0.39 is 5.54 Å². The van der Waals surface area contributed by atoms with Gasteiger partial charge in [0.05, 0.1) is 12.1 Å². The Labute approximate surface area is 96.6 Å². The van der Waals surface area contributed by atoms with E-state index in [4.69, 9.17) is 0 Å². The van der Waals surface area contributed by atoms with Gasteiger partial charge in [-0.3, -0.25) is 19.8 Å². The van der Waals surface area contributed by atoms with Crippen LogP contribution in [0.5, 0.6) is 0 Å². The highest BCUT2D eigenvalue weighted by Gasteiger charge is 2.40. The zero-order chi connectivity index (χ0) is 12.3. The predicted molar refractivity (Wildman–Crippen MR) is 61.9 cm³/mol. The molecule has 0 saturated carbocycles. The maximum atomic E-state index is 11.6. The van der Waals surface area contributed by atoms with Crippen molar-refractivity contribution in [1.29, 1.82) is 0 Å². The first kappa shape index (κ1) is 13.1. The van der Waals surface area contributed by atoms with Gasteiger partial charge >= 0.3 is 0 Å². The predicted octanol–water partition coefficient (Wildman–Crippen LogP) is -0.279. The third-order valence-electron chi connectivity index (χ3n) is 2.87. The topological polar surface area (TPSA) is 61.4 Å². The van der Waals surface area contributed by atoms with E-state index in [0.29, 0.717) is 19.1 Å². The third kappa shape index (κ3) is 3.02. The van der Waals surface area contributed by atoms with Gasteiger partial charge in [0, 0.05) is 19.1 Å². The summed E-state index contributed by atoms with van der Waals surface area (Å²) in [5.41, 5.74) is -0.605. The molecular formula is C11H21N3O2. The molecule has 92 valence electrons. The SMILES string of the molecule is CC(C)NCCN1CC(=O)NC(=O)C1(C)C. The molecule has 1 heterocycles. The van der Waals surface area contributed by atoms with Crippen LogP contribution in [0, 0.1) is 0 Å². The molecule has 2 N–H and O–H groups in total. The maximum absolute atomic E-state index is 11.6. The number of carbonyl (C=O) groups excluding carboxylic acids is 2. The van der Waals surface area contributed by atoms with E-state index in [2.05, 4.69) is 24.5 Å². The molecule has 0 aromatic rings. The number of nitrogens with zero attached hydrogens (tertiary/aromatic N) is 1. The Bertz CT molecular complexity index is 287. The molecule has 0 atom stereocenters. The van der Waals surface area contributed by atoms with Crippen molar-refractivity contribution >= 4 is 11.8 Å². The quantitative estimate of drug-likeness (QED) is 0.649. The van der Waals surface area contributed by atoms with Crippen LogP contribution in [0.4, 0.5) is 0 Å². The number of carbonyl (C=O) groups is 2. The Hall–Kier alpha value is -0.940. The van der Waals surface area contributed by atoms with Crippen LogP contribution in [0.3, 0.4) is 0 Å². The molecule has 1 saturated heterocycles. The number of hydrogen-bond acceptors (Lipinski definition) is 4. The van der Waals surface area contributed by atoms with Gasteiger partial charge in [0.15, 0.2) is 0 Å². The highest BCUT2D eigenvalue weighted by atomic mass is 16.2. The van der Waals surface area contributed by atoms with Crippen molar-refractivity contribution < 1.29 is 9.59 Å². The molecule has 0 radical (unpaired) electrons. The van der Waals surface area contributed by atoms with E-state index in [9.17, 15) is 9.59 Å². The van der Waals surface area contributed by atoms with Gasteiger partial charge in [0.25, 0.3) is 0 Å². The van der Waals surface area contributed by atoms with Crippen LogP contribution in [0.2, 0.25) is 0 Å². The Morgan fingerprint density at radius 2 is 2.06 bits per heavy atom. The summed E-state index contributed by atoms with van der Waals surface area (Å²) in [6.07, 6.45) is 0. The minimum absolute atomic E-state index is 0.214. The summed E-state index contributed by atoms with van der Waals surface area (Å²) >= 11 is 0. The molecule has 0 bridgehead atoms. The van der Waals surface area contributed by atoms with Gasteiger partial charge < -0.3 is 5.32 Å². The number of nitrogens with one attached hydrogen (secondary N) is 2. The lowest BCUT2D eigenvalue weighted by atomic mass is 9.99. The largest absolute Gasteiger partial charge is 0.313 e. The monoisotopic (exact) mass is 227 g/mol. The lowest BCUT2D eigenvalue weighted by molar-refractivity contribution is -0.145. The molecule has 5 heteroatoms. The lowest BCUT2D eigenvalue weighted by Crippen LogP contribution is -2.64. The lowest BCUT2D eigenvalue weighted by Gasteiger charge is -2.40. The number of piperazine rings is 1. The maximum Gasteiger partial charge on any atom is 0.246 e. The van der Waals surface area contributed by atoms with Gasteiger partial charge in [-0.1, -0.05) is 13.8 Å². The van der Waals surface area contributed by atoms with Crippen LogP contribution in [-0.2, 0) is 9.59 Å². The van der Waals surface area contributed by atoms with E-state index in [1.54, 1.807) is 0 Å². The van der Waals surface area contributed by atoms with Crippen molar-refractivity contribution in [3.05, 3.63) is 0 Å². The van der Waals surface area contributed by atoms with Crippen LogP contribution < -0.4 is 10.6 Å². The summed E-state index contributed by atoms with van der Waals surface area (Å²) in [5.74, 6) is -0.429. The Balaban J connectivity index is 2.55. The van der Waals surface area contributed by atoms with E-state index in [1.807, 2.05) is 18.7 Å². The normalized spacial score (nSPS) is 21.3. The zero-order valence-electron chi connectivity index (χ0n) is 10.5. The summed E-state index contributed by atoms with van der Waals surface area (Å²) in [7, 11) is 0. The van der Waals surface area contributed by atoms with Crippen LogP contribution in [-0.4, -0.2) is 47.9 Å². The molecule has 0 aromatic heterocycles. The smallest absolute Gasteiger partial charge is 0.246 e. The van der Waals surface area contributed by atoms with E-state index in [1.165, 1.54) is 0 Å². The molecule has 0 spiro atoms. The zero-order valence-corrected chi connectivity index (χ0v) is 10.5. The first-order valence-corrected chi connectivity index (χ1v) is 5.66. The number of imide groups is 1. The van der Waals surface area contributed by atoms with Crippen molar-refractivity contribution in [3.8, 4) is 0 Å². The second-order valence-corrected chi connectivity index (χ2v) is 4.97. The first-order valence-electron chi connectivity index (χ1n) is 5.66. The van der Waals surface area contributed by atoms with Crippen molar-refractivity contribution in [2.24, 2.45) is 0 Å². The van der Waals surface area contributed by atoms with Gasteiger partial charge in [-0.05, 0) is 13.8 Å². The fourth-order valence-corrected chi connectivity index (χ4v) is 1.68. The molecule has 1 aliphatic rings. The van der Waals surface area contributed by atoms with E-state index in [0.717, 1.165) is 6.54 Å². The van der Waals surface area contributed by atoms with Crippen molar-refractivity contribution in [2.45, 2.75) is 39.3 Å². The summed E-state index contributed by atoms with van der Waals surface area (Å²) in [4.78, 5) is 24.8. The summed E-state index contributed by atoms with van der Waals surface area (Å²) in [6, 6.07) is 0.414. The molecule has 1 fully saturated rings. The highest BCUT2D eigenvalue weighted by Crippen LogP contribution is 2.17. The van der Waals surface area contributed by atoms with Crippen molar-refractivity contribution in [2.75, 3.05) is 19.6 Å². The van der Waals surface area contributed by atoms with Crippen LogP contribution in [0.25, 0.3) is 0 Å². The standard InChI is InChI=1S/C11H21N3O2/c1-8(2)12-5-6-14-7-9(15)13-10(16)11(14,3)4/h8,12H,5-7H2,1-4H3,(H,13,15,16). The molecule has 0 aromatic carbocycles. The van der Waals surface area contributed by atoms with E-state index >= 15 is 0 Å². The minimum atomic E-state index is -0.605.